The van der Waals surface area contributed by atoms with Crippen LogP contribution in [0, 0.1) is 0 Å². The molecule has 0 aliphatic carbocycles. The minimum atomic E-state index is -3.66. The van der Waals surface area contributed by atoms with Crippen LogP contribution in [0.15, 0.2) is 52.1 Å². The smallest absolute Gasteiger partial charge is 0.238 e. The number of nitrogens with two attached hydrogens (primary N) is 1. The highest BCUT2D eigenvalue weighted by Gasteiger charge is 2.07. The number of ether oxygens (including phenoxy) is 1. The number of aromatic nitrogens is 1. The summed E-state index contributed by atoms with van der Waals surface area (Å²) in [5.41, 5.74) is 0.907. The highest BCUT2D eigenvalue weighted by molar-refractivity contribution is 9.10. The molecule has 0 unspecified atom stereocenters. The summed E-state index contributed by atoms with van der Waals surface area (Å²) in [5, 5.41) is 5.01. The zero-order valence-electron chi connectivity index (χ0n) is 9.78. The van der Waals surface area contributed by atoms with Crippen molar-refractivity contribution in [3.05, 3.63) is 52.8 Å². The van der Waals surface area contributed by atoms with Crippen LogP contribution >= 0.6 is 15.9 Å². The summed E-state index contributed by atoms with van der Waals surface area (Å²) in [6.45, 7) is 0.348. The third kappa shape index (κ3) is 4.02. The maximum Gasteiger partial charge on any atom is 0.238 e. The Labute approximate surface area is 119 Å². The van der Waals surface area contributed by atoms with E-state index < -0.39 is 10.0 Å². The first-order valence-electron chi connectivity index (χ1n) is 5.30. The number of pyridine rings is 1. The van der Waals surface area contributed by atoms with Gasteiger partial charge in [0.15, 0.2) is 0 Å². The van der Waals surface area contributed by atoms with Crippen LogP contribution < -0.4 is 9.88 Å². The molecule has 0 saturated carbocycles. The average Bonchev–Trinajstić information content (AvgIpc) is 2.36. The molecule has 100 valence electrons. The molecule has 5 nitrogen and oxygen atoms in total. The number of halogens is 1. The van der Waals surface area contributed by atoms with Gasteiger partial charge >= 0.3 is 0 Å². The summed E-state index contributed by atoms with van der Waals surface area (Å²) >= 11 is 3.32. The molecule has 0 aliphatic rings. The summed E-state index contributed by atoms with van der Waals surface area (Å²) in [5.74, 6) is 0.562. The molecule has 1 aromatic heterocycles. The lowest BCUT2D eigenvalue weighted by Crippen LogP contribution is -2.11. The molecule has 1 heterocycles. The van der Waals surface area contributed by atoms with Crippen molar-refractivity contribution in [2.75, 3.05) is 0 Å². The van der Waals surface area contributed by atoms with E-state index in [4.69, 9.17) is 9.88 Å². The van der Waals surface area contributed by atoms with Gasteiger partial charge in [0, 0.05) is 22.4 Å². The van der Waals surface area contributed by atoms with Crippen LogP contribution in [-0.2, 0) is 16.6 Å². The van der Waals surface area contributed by atoms with Crippen molar-refractivity contribution in [1.82, 2.24) is 4.98 Å². The molecule has 1 aromatic carbocycles. The van der Waals surface area contributed by atoms with Gasteiger partial charge in [-0.15, -0.1) is 0 Å². The SMILES string of the molecule is NS(=O)(=O)c1ccc(OCc2cncc(Br)c2)cc1. The summed E-state index contributed by atoms with van der Waals surface area (Å²) in [6, 6.07) is 7.83. The van der Waals surface area contributed by atoms with Gasteiger partial charge in [0.05, 0.1) is 4.90 Å². The van der Waals surface area contributed by atoms with E-state index in [0.717, 1.165) is 10.0 Å². The Morgan fingerprint density at radius 1 is 1.21 bits per heavy atom. The Balaban J connectivity index is 2.05. The standard InChI is InChI=1S/C12H11BrN2O3S/c13-10-5-9(6-15-7-10)8-18-11-1-3-12(4-2-11)19(14,16)17/h1-7H,8H2,(H2,14,16,17). The van der Waals surface area contributed by atoms with E-state index in [1.165, 1.54) is 12.1 Å². The van der Waals surface area contributed by atoms with Gasteiger partial charge in [-0.1, -0.05) is 0 Å². The lowest BCUT2D eigenvalue weighted by Gasteiger charge is -2.06. The lowest BCUT2D eigenvalue weighted by molar-refractivity contribution is 0.305. The molecule has 0 fully saturated rings. The first-order chi connectivity index (χ1) is 8.95. The summed E-state index contributed by atoms with van der Waals surface area (Å²) < 4.78 is 28.6. The average molecular weight is 343 g/mol. The van der Waals surface area contributed by atoms with Gasteiger partial charge in [-0.25, -0.2) is 13.6 Å². The highest BCUT2D eigenvalue weighted by atomic mass is 79.9. The molecular formula is C12H11BrN2O3S. The van der Waals surface area contributed by atoms with Gasteiger partial charge in [-0.2, -0.15) is 0 Å². The van der Waals surface area contributed by atoms with Crippen molar-refractivity contribution in [3.8, 4) is 5.75 Å². The zero-order valence-corrected chi connectivity index (χ0v) is 12.2. The maximum atomic E-state index is 11.1. The van der Waals surface area contributed by atoms with Crippen LogP contribution in [0.25, 0.3) is 0 Å². The number of hydrogen-bond acceptors (Lipinski definition) is 4. The van der Waals surface area contributed by atoms with Crippen molar-refractivity contribution >= 4 is 26.0 Å². The topological polar surface area (TPSA) is 82.3 Å². The van der Waals surface area contributed by atoms with Crippen molar-refractivity contribution in [2.24, 2.45) is 5.14 Å². The monoisotopic (exact) mass is 342 g/mol. The van der Waals surface area contributed by atoms with E-state index >= 15 is 0 Å². The molecule has 0 amide bonds. The zero-order chi connectivity index (χ0) is 13.9. The second-order valence-electron chi connectivity index (χ2n) is 3.82. The van der Waals surface area contributed by atoms with E-state index in [-0.39, 0.29) is 4.90 Å². The van der Waals surface area contributed by atoms with Gasteiger partial charge < -0.3 is 4.74 Å². The van der Waals surface area contributed by atoms with Gasteiger partial charge in [0.2, 0.25) is 10.0 Å². The summed E-state index contributed by atoms with van der Waals surface area (Å²) in [4.78, 5) is 4.08. The van der Waals surface area contributed by atoms with Crippen LogP contribution in [0.4, 0.5) is 0 Å². The van der Waals surface area contributed by atoms with Crippen LogP contribution in [0.2, 0.25) is 0 Å². The molecule has 0 aliphatic heterocycles. The number of hydrogen-bond donors (Lipinski definition) is 1. The normalized spacial score (nSPS) is 11.3. The second kappa shape index (κ2) is 5.68. The van der Waals surface area contributed by atoms with E-state index in [1.807, 2.05) is 6.07 Å². The molecule has 2 N–H and O–H groups in total. The third-order valence-electron chi connectivity index (χ3n) is 2.32. The van der Waals surface area contributed by atoms with Crippen molar-refractivity contribution in [2.45, 2.75) is 11.5 Å². The van der Waals surface area contributed by atoms with Gasteiger partial charge in [-0.05, 0) is 46.3 Å². The lowest BCUT2D eigenvalue weighted by atomic mass is 10.3. The molecule has 2 rings (SSSR count). The number of nitrogens with zero attached hydrogens (tertiary/aromatic N) is 1. The van der Waals surface area contributed by atoms with Crippen molar-refractivity contribution in [1.29, 1.82) is 0 Å². The van der Waals surface area contributed by atoms with Crippen LogP contribution in [0.1, 0.15) is 5.56 Å². The van der Waals surface area contributed by atoms with E-state index in [9.17, 15) is 8.42 Å². The molecule has 0 bridgehead atoms. The first-order valence-corrected chi connectivity index (χ1v) is 7.64. The van der Waals surface area contributed by atoms with E-state index in [1.54, 1.807) is 24.5 Å². The molecule has 7 heteroatoms. The van der Waals surface area contributed by atoms with Gasteiger partial charge in [0.25, 0.3) is 0 Å². The van der Waals surface area contributed by atoms with E-state index in [2.05, 4.69) is 20.9 Å². The number of rotatable bonds is 4. The largest absolute Gasteiger partial charge is 0.489 e. The Bertz CT molecular complexity index is 672. The molecule has 0 saturated heterocycles. The van der Waals surface area contributed by atoms with E-state index in [0.29, 0.717) is 12.4 Å². The van der Waals surface area contributed by atoms with Gasteiger partial charge in [-0.3, -0.25) is 4.98 Å². The molecule has 2 aromatic rings. The molecule has 0 atom stereocenters. The Morgan fingerprint density at radius 3 is 2.47 bits per heavy atom. The maximum absolute atomic E-state index is 11.1. The Hall–Kier alpha value is -1.44. The summed E-state index contributed by atoms with van der Waals surface area (Å²) in [7, 11) is -3.66. The van der Waals surface area contributed by atoms with Crippen LogP contribution in [-0.4, -0.2) is 13.4 Å². The van der Waals surface area contributed by atoms with Crippen molar-refractivity contribution < 1.29 is 13.2 Å². The van der Waals surface area contributed by atoms with Crippen LogP contribution in [0.5, 0.6) is 5.75 Å². The highest BCUT2D eigenvalue weighted by Crippen LogP contribution is 2.17. The third-order valence-corrected chi connectivity index (χ3v) is 3.68. The quantitative estimate of drug-likeness (QED) is 0.921. The predicted molar refractivity (Wildman–Crippen MR) is 74.1 cm³/mol. The Kier molecular flexibility index (Phi) is 4.18. The Morgan fingerprint density at radius 2 is 1.89 bits per heavy atom. The van der Waals surface area contributed by atoms with Gasteiger partial charge in [0.1, 0.15) is 12.4 Å². The number of sulfonamides is 1. The number of primary sulfonamides is 1. The fourth-order valence-electron chi connectivity index (χ4n) is 1.43. The van der Waals surface area contributed by atoms with Crippen LogP contribution in [0.3, 0.4) is 0 Å². The summed E-state index contributed by atoms with van der Waals surface area (Å²) in [6.07, 6.45) is 3.38. The second-order valence-corrected chi connectivity index (χ2v) is 6.29. The fraction of sp³-hybridized carbons (Fsp3) is 0.0833. The first kappa shape index (κ1) is 14.0. The predicted octanol–water partition coefficient (Wildman–Crippen LogP) is 2.07. The fourth-order valence-corrected chi connectivity index (χ4v) is 2.35. The molecular weight excluding hydrogens is 332 g/mol. The molecule has 19 heavy (non-hydrogen) atoms. The minimum absolute atomic E-state index is 0.0592. The van der Waals surface area contributed by atoms with Crippen molar-refractivity contribution in [3.63, 3.8) is 0 Å². The minimum Gasteiger partial charge on any atom is -0.489 e. The number of benzene rings is 1. The molecule has 0 spiro atoms. The molecule has 0 radical (unpaired) electrons.